The second kappa shape index (κ2) is 7.42. The Hall–Kier alpha value is -0.860. The fourth-order valence-corrected chi connectivity index (χ4v) is 1.79. The number of hydrogen-bond acceptors (Lipinski definition) is 2. The molecule has 0 saturated carbocycles. The lowest BCUT2D eigenvalue weighted by Gasteiger charge is -2.08. The Bertz CT molecular complexity index is 295. The van der Waals surface area contributed by atoms with E-state index < -0.39 is 0 Å². The Morgan fingerprint density at radius 3 is 2.69 bits per heavy atom. The van der Waals surface area contributed by atoms with E-state index >= 15 is 0 Å². The van der Waals surface area contributed by atoms with Crippen molar-refractivity contribution in [3.8, 4) is 0 Å². The van der Waals surface area contributed by atoms with Crippen molar-refractivity contribution >= 4 is 0 Å². The molecular weight excluding hydrogens is 196 g/mol. The number of benzene rings is 1. The SMILES string of the molecule is Cc1ccccc1CCNCCCC(C)N. The zero-order valence-corrected chi connectivity index (χ0v) is 10.5. The maximum Gasteiger partial charge on any atom is 0.00109 e. The molecule has 0 saturated heterocycles. The zero-order valence-electron chi connectivity index (χ0n) is 10.5. The fraction of sp³-hybridized carbons (Fsp3) is 0.571. The minimum absolute atomic E-state index is 0.332. The highest BCUT2D eigenvalue weighted by atomic mass is 14.8. The van der Waals surface area contributed by atoms with E-state index in [1.54, 1.807) is 0 Å². The van der Waals surface area contributed by atoms with Crippen LogP contribution in [0.5, 0.6) is 0 Å². The largest absolute Gasteiger partial charge is 0.328 e. The minimum Gasteiger partial charge on any atom is -0.328 e. The van der Waals surface area contributed by atoms with Crippen molar-refractivity contribution in [1.29, 1.82) is 0 Å². The van der Waals surface area contributed by atoms with Gasteiger partial charge in [0.2, 0.25) is 0 Å². The molecule has 0 spiro atoms. The third-order valence-corrected chi connectivity index (χ3v) is 2.85. The Morgan fingerprint density at radius 1 is 1.25 bits per heavy atom. The van der Waals surface area contributed by atoms with Crippen molar-refractivity contribution in [1.82, 2.24) is 5.32 Å². The average molecular weight is 220 g/mol. The summed E-state index contributed by atoms with van der Waals surface area (Å²) in [6, 6.07) is 8.91. The second-order valence-electron chi connectivity index (χ2n) is 4.55. The molecule has 0 aromatic heterocycles. The number of nitrogens with two attached hydrogens (primary N) is 1. The van der Waals surface area contributed by atoms with Gasteiger partial charge in [-0.3, -0.25) is 0 Å². The Labute approximate surface area is 99.2 Å². The van der Waals surface area contributed by atoms with Crippen LogP contribution in [-0.4, -0.2) is 19.1 Å². The summed E-state index contributed by atoms with van der Waals surface area (Å²) in [5.41, 5.74) is 8.53. The fourth-order valence-electron chi connectivity index (χ4n) is 1.79. The van der Waals surface area contributed by atoms with Gasteiger partial charge in [0.05, 0.1) is 0 Å². The lowest BCUT2D eigenvalue weighted by molar-refractivity contribution is 0.575. The summed E-state index contributed by atoms with van der Waals surface area (Å²) in [4.78, 5) is 0. The van der Waals surface area contributed by atoms with Gasteiger partial charge in [-0.15, -0.1) is 0 Å². The second-order valence-corrected chi connectivity index (χ2v) is 4.55. The molecule has 3 N–H and O–H groups in total. The molecule has 0 radical (unpaired) electrons. The van der Waals surface area contributed by atoms with Crippen LogP contribution in [0.2, 0.25) is 0 Å². The molecular formula is C14H24N2. The first kappa shape index (κ1) is 13.2. The molecule has 2 nitrogen and oxygen atoms in total. The van der Waals surface area contributed by atoms with Crippen LogP contribution >= 0.6 is 0 Å². The quantitative estimate of drug-likeness (QED) is 0.692. The van der Waals surface area contributed by atoms with E-state index in [9.17, 15) is 0 Å². The van der Waals surface area contributed by atoms with Crippen molar-refractivity contribution in [2.45, 2.75) is 39.2 Å². The molecule has 1 aromatic carbocycles. The van der Waals surface area contributed by atoms with Crippen molar-refractivity contribution in [2.75, 3.05) is 13.1 Å². The summed E-state index contributed by atoms with van der Waals surface area (Å²) in [7, 11) is 0. The van der Waals surface area contributed by atoms with E-state index in [0.29, 0.717) is 6.04 Å². The number of rotatable bonds is 7. The first-order valence-electron chi connectivity index (χ1n) is 6.21. The van der Waals surface area contributed by atoms with Gasteiger partial charge >= 0.3 is 0 Å². The molecule has 0 fully saturated rings. The number of hydrogen-bond donors (Lipinski definition) is 2. The van der Waals surface area contributed by atoms with E-state index in [2.05, 4.69) is 43.4 Å². The van der Waals surface area contributed by atoms with E-state index in [0.717, 1.165) is 25.9 Å². The summed E-state index contributed by atoms with van der Waals surface area (Å²) in [6.07, 6.45) is 3.40. The Balaban J connectivity index is 2.10. The van der Waals surface area contributed by atoms with Crippen molar-refractivity contribution < 1.29 is 0 Å². The molecule has 0 bridgehead atoms. The van der Waals surface area contributed by atoms with Crippen LogP contribution in [0.3, 0.4) is 0 Å². The molecule has 0 heterocycles. The Morgan fingerprint density at radius 2 is 2.00 bits per heavy atom. The highest BCUT2D eigenvalue weighted by molar-refractivity contribution is 5.25. The smallest absolute Gasteiger partial charge is 0.00109 e. The Kier molecular flexibility index (Phi) is 6.12. The summed E-state index contributed by atoms with van der Waals surface area (Å²) in [5.74, 6) is 0. The normalized spacial score (nSPS) is 12.7. The van der Waals surface area contributed by atoms with Crippen molar-refractivity contribution in [3.05, 3.63) is 35.4 Å². The third-order valence-electron chi connectivity index (χ3n) is 2.85. The van der Waals surface area contributed by atoms with Crippen molar-refractivity contribution in [2.24, 2.45) is 5.73 Å². The summed E-state index contributed by atoms with van der Waals surface area (Å²) in [5, 5.41) is 3.46. The molecule has 16 heavy (non-hydrogen) atoms. The molecule has 1 atom stereocenters. The lowest BCUT2D eigenvalue weighted by atomic mass is 10.1. The summed E-state index contributed by atoms with van der Waals surface area (Å²) in [6.45, 7) is 6.37. The van der Waals surface area contributed by atoms with Crippen molar-refractivity contribution in [3.63, 3.8) is 0 Å². The van der Waals surface area contributed by atoms with Gasteiger partial charge in [-0.2, -0.15) is 0 Å². The zero-order chi connectivity index (χ0) is 11.8. The van der Waals surface area contributed by atoms with Gasteiger partial charge in [0.15, 0.2) is 0 Å². The van der Waals surface area contributed by atoms with Crippen LogP contribution in [0.15, 0.2) is 24.3 Å². The average Bonchev–Trinajstić information content (AvgIpc) is 2.25. The van der Waals surface area contributed by atoms with Crippen LogP contribution in [0.1, 0.15) is 30.9 Å². The molecule has 2 heteroatoms. The first-order chi connectivity index (χ1) is 7.70. The minimum atomic E-state index is 0.332. The van der Waals surface area contributed by atoms with E-state index in [1.165, 1.54) is 17.5 Å². The number of aryl methyl sites for hydroxylation is 1. The van der Waals surface area contributed by atoms with Gasteiger partial charge in [0, 0.05) is 6.04 Å². The van der Waals surface area contributed by atoms with Gasteiger partial charge < -0.3 is 11.1 Å². The summed E-state index contributed by atoms with van der Waals surface area (Å²) < 4.78 is 0. The van der Waals surface area contributed by atoms with Gasteiger partial charge in [-0.1, -0.05) is 24.3 Å². The van der Waals surface area contributed by atoms with Gasteiger partial charge in [0.25, 0.3) is 0 Å². The van der Waals surface area contributed by atoms with Crippen LogP contribution in [0.4, 0.5) is 0 Å². The highest BCUT2D eigenvalue weighted by Gasteiger charge is 1.97. The lowest BCUT2D eigenvalue weighted by Crippen LogP contribution is -2.22. The maximum atomic E-state index is 5.69. The van der Waals surface area contributed by atoms with Gasteiger partial charge in [0.1, 0.15) is 0 Å². The molecule has 90 valence electrons. The third kappa shape index (κ3) is 5.29. The van der Waals surface area contributed by atoms with Gasteiger partial charge in [-0.25, -0.2) is 0 Å². The monoisotopic (exact) mass is 220 g/mol. The standard InChI is InChI=1S/C14H24N2/c1-12-6-3-4-8-14(12)9-11-16-10-5-7-13(2)15/h3-4,6,8,13,16H,5,7,9-11,15H2,1-2H3. The predicted molar refractivity (Wildman–Crippen MR) is 70.6 cm³/mol. The van der Waals surface area contributed by atoms with Crippen LogP contribution in [0, 0.1) is 6.92 Å². The molecule has 0 aliphatic carbocycles. The first-order valence-corrected chi connectivity index (χ1v) is 6.21. The predicted octanol–water partition coefficient (Wildman–Crippen LogP) is 2.25. The molecule has 1 unspecified atom stereocenters. The molecule has 0 aliphatic rings. The summed E-state index contributed by atoms with van der Waals surface area (Å²) >= 11 is 0. The molecule has 1 aromatic rings. The maximum absolute atomic E-state index is 5.69. The van der Waals surface area contributed by atoms with E-state index in [4.69, 9.17) is 5.73 Å². The number of nitrogens with one attached hydrogen (secondary N) is 1. The molecule has 0 aliphatic heterocycles. The van der Waals surface area contributed by atoms with Crippen LogP contribution < -0.4 is 11.1 Å². The van der Waals surface area contributed by atoms with E-state index in [-0.39, 0.29) is 0 Å². The highest BCUT2D eigenvalue weighted by Crippen LogP contribution is 2.06. The van der Waals surface area contributed by atoms with E-state index in [1.807, 2.05) is 0 Å². The van der Waals surface area contributed by atoms with Gasteiger partial charge in [-0.05, 0) is 57.3 Å². The topological polar surface area (TPSA) is 38.0 Å². The molecule has 0 amide bonds. The van der Waals surface area contributed by atoms with Crippen LogP contribution in [0.25, 0.3) is 0 Å². The van der Waals surface area contributed by atoms with Crippen LogP contribution in [-0.2, 0) is 6.42 Å². The molecule has 1 rings (SSSR count).